The maximum absolute atomic E-state index is 14.1. The number of fused-ring (bicyclic) bond motifs is 4. The van der Waals surface area contributed by atoms with E-state index in [0.717, 1.165) is 87.1 Å². The second-order valence-electron chi connectivity index (χ2n) is 18.9. The largest absolute Gasteiger partial charge is 0.493 e. The molecule has 2 N–H and O–H groups in total. The summed E-state index contributed by atoms with van der Waals surface area (Å²) in [7, 11) is -4.63. The molecule has 15 nitrogen and oxygen atoms in total. The van der Waals surface area contributed by atoms with Gasteiger partial charge in [-0.25, -0.2) is 18.1 Å². The summed E-state index contributed by atoms with van der Waals surface area (Å²) in [5, 5.41) is 13.9. The van der Waals surface area contributed by atoms with Gasteiger partial charge in [-0.15, -0.1) is 0 Å². The van der Waals surface area contributed by atoms with Gasteiger partial charge in [0.15, 0.2) is 0 Å². The number of aromatic nitrogens is 2. The van der Waals surface area contributed by atoms with Crippen LogP contribution in [0, 0.1) is 21.4 Å². The molecular formula is C48H52ClN7O8S. The van der Waals surface area contributed by atoms with E-state index in [1.54, 1.807) is 30.5 Å². The van der Waals surface area contributed by atoms with Gasteiger partial charge in [-0.05, 0) is 85.1 Å². The second kappa shape index (κ2) is 17.4. The zero-order valence-electron chi connectivity index (χ0n) is 36.4. The number of hydrogen-bond acceptors (Lipinski definition) is 12. The van der Waals surface area contributed by atoms with E-state index in [-0.39, 0.29) is 46.8 Å². The van der Waals surface area contributed by atoms with E-state index in [0.29, 0.717) is 42.6 Å². The molecular weight excluding hydrogens is 870 g/mol. The van der Waals surface area contributed by atoms with Crippen LogP contribution in [0.25, 0.3) is 16.6 Å². The van der Waals surface area contributed by atoms with E-state index >= 15 is 0 Å². The number of piperazine rings is 1. The number of carbonyl (C=O) groups excluding carboxylic acids is 1. The molecule has 0 spiro atoms. The molecule has 65 heavy (non-hydrogen) atoms. The van der Waals surface area contributed by atoms with Crippen molar-refractivity contribution in [2.45, 2.75) is 63.0 Å². The third-order valence-corrected chi connectivity index (χ3v) is 15.3. The second-order valence-corrected chi connectivity index (χ2v) is 21.0. The van der Waals surface area contributed by atoms with E-state index in [9.17, 15) is 23.3 Å². The van der Waals surface area contributed by atoms with Crippen molar-refractivity contribution in [1.82, 2.24) is 24.5 Å². The summed E-state index contributed by atoms with van der Waals surface area (Å²) in [5.74, 6) is -0.375. The molecule has 4 aliphatic heterocycles. The van der Waals surface area contributed by atoms with Crippen LogP contribution in [0.3, 0.4) is 0 Å². The number of pyridine rings is 1. The monoisotopic (exact) mass is 921 g/mol. The molecule has 3 atom stereocenters. The fraction of sp³-hybridized carbons (Fsp3) is 0.417. The summed E-state index contributed by atoms with van der Waals surface area (Å²) in [4.78, 5) is 40.0. The molecule has 1 amide bonds. The topological polar surface area (TPSA) is 172 Å². The molecule has 0 radical (unpaired) electrons. The predicted octanol–water partition coefficient (Wildman–Crippen LogP) is 7.85. The van der Waals surface area contributed by atoms with E-state index in [1.165, 1.54) is 29.0 Å². The van der Waals surface area contributed by atoms with Gasteiger partial charge >= 0.3 is 0 Å². The van der Waals surface area contributed by atoms with E-state index < -0.39 is 25.7 Å². The predicted molar refractivity (Wildman–Crippen MR) is 247 cm³/mol. The van der Waals surface area contributed by atoms with Gasteiger partial charge < -0.3 is 24.1 Å². The Morgan fingerprint density at radius 2 is 1.88 bits per heavy atom. The Bertz CT molecular complexity index is 2810. The number of carbonyl (C=O) groups is 1. The molecule has 3 aromatic carbocycles. The van der Waals surface area contributed by atoms with Gasteiger partial charge in [0.1, 0.15) is 22.9 Å². The number of hydrogen-bond donors (Lipinski definition) is 2. The van der Waals surface area contributed by atoms with Crippen LogP contribution in [0.15, 0.2) is 89.6 Å². The third kappa shape index (κ3) is 9.19. The number of aromatic amines is 1. The van der Waals surface area contributed by atoms with Crippen molar-refractivity contribution in [1.29, 1.82) is 0 Å². The summed E-state index contributed by atoms with van der Waals surface area (Å²) in [6.07, 6.45) is 8.05. The standard InChI is InChI=1S/C48H52ClN7O8S/c1-48(2)11-9-33(42(23-48)31-3-5-34(49)6-4-31)26-53-13-15-54(16-14-53)35-7-8-40(45(20-35)64-37-18-32-10-12-50-46(32)51-24-37)47(57)52-65(60,61)39-21-43(56(58)59)41-17-30(28-63-44(41)22-39)25-55-27-38-19-36(55)29-62-38/h3-8,10,12,18,20-22,24,30,36,38H,9,11,13-17,19,23,25-29H2,1-2H3,(H,50,51)(H,52,57)/t30-,36-,38-/m1/s1. The van der Waals surface area contributed by atoms with Crippen molar-refractivity contribution in [2.75, 3.05) is 63.9 Å². The number of nitro groups is 1. The SMILES string of the molecule is CC1(C)CCC(CN2CCN(c3ccc(C(=O)NS(=O)(=O)c4cc5c(c([N+](=O)[O-])c4)C[C@H](CN4C[C@H]6C[C@@H]4CO6)CO5)c(Oc4cnc5[nH]ccc5c4)c3)CC2)=C(c2ccc(Cl)cc2)C1. The Morgan fingerprint density at radius 1 is 1.06 bits per heavy atom. The van der Waals surface area contributed by atoms with Crippen LogP contribution in [0.2, 0.25) is 5.02 Å². The molecule has 1 aliphatic carbocycles. The Labute approximate surface area is 382 Å². The number of morpholine rings is 1. The van der Waals surface area contributed by atoms with Crippen LogP contribution in [0.1, 0.15) is 61.0 Å². The van der Waals surface area contributed by atoms with Crippen molar-refractivity contribution in [2.24, 2.45) is 11.3 Å². The summed E-state index contributed by atoms with van der Waals surface area (Å²) in [6, 6.07) is 19.5. The number of halogens is 1. The van der Waals surface area contributed by atoms with Gasteiger partial charge in [0.25, 0.3) is 21.6 Å². The van der Waals surface area contributed by atoms with Crippen molar-refractivity contribution in [3.63, 3.8) is 0 Å². The maximum Gasteiger partial charge on any atom is 0.277 e. The number of benzene rings is 3. The molecule has 5 aromatic rings. The molecule has 3 saturated heterocycles. The molecule has 2 aromatic heterocycles. The number of H-pyrrole nitrogens is 1. The summed E-state index contributed by atoms with van der Waals surface area (Å²) >= 11 is 6.25. The summed E-state index contributed by atoms with van der Waals surface area (Å²) < 4.78 is 48.2. The van der Waals surface area contributed by atoms with Crippen molar-refractivity contribution in [3.05, 3.63) is 117 Å². The quantitative estimate of drug-likeness (QED) is 0.0919. The number of allylic oxidation sites excluding steroid dienone is 1. The molecule has 5 aliphatic rings. The van der Waals surface area contributed by atoms with Crippen molar-refractivity contribution < 1.29 is 32.3 Å². The number of likely N-dealkylation sites (tertiary alicyclic amines) is 1. The van der Waals surface area contributed by atoms with E-state index in [4.69, 9.17) is 25.8 Å². The van der Waals surface area contributed by atoms with Crippen LogP contribution < -0.4 is 19.1 Å². The first kappa shape index (κ1) is 43.4. The normalized spacial score (nSPS) is 22.2. The highest BCUT2D eigenvalue weighted by molar-refractivity contribution is 7.90. The highest BCUT2D eigenvalue weighted by Gasteiger charge is 2.41. The number of nitro benzene ring substituents is 1. The minimum absolute atomic E-state index is 0.0119. The lowest BCUT2D eigenvalue weighted by molar-refractivity contribution is -0.386. The maximum atomic E-state index is 14.1. The molecule has 6 heterocycles. The minimum Gasteiger partial charge on any atom is -0.493 e. The number of amides is 1. The smallest absolute Gasteiger partial charge is 0.277 e. The van der Waals surface area contributed by atoms with Gasteiger partial charge in [0.2, 0.25) is 0 Å². The minimum atomic E-state index is -4.63. The lowest BCUT2D eigenvalue weighted by atomic mass is 9.72. The van der Waals surface area contributed by atoms with Gasteiger partial charge in [0.05, 0.1) is 46.5 Å². The van der Waals surface area contributed by atoms with Crippen molar-refractivity contribution >= 4 is 55.5 Å². The lowest BCUT2D eigenvalue weighted by Crippen LogP contribution is -2.47. The molecule has 2 bridgehead atoms. The first-order valence-corrected chi connectivity index (χ1v) is 24.2. The van der Waals surface area contributed by atoms with Gasteiger partial charge in [-0.3, -0.25) is 24.7 Å². The van der Waals surface area contributed by atoms with Gasteiger partial charge in [-0.2, -0.15) is 0 Å². The first-order valence-electron chi connectivity index (χ1n) is 22.3. The molecule has 0 saturated carbocycles. The Balaban J connectivity index is 0.872. The Hall–Kier alpha value is -5.52. The van der Waals surface area contributed by atoms with Crippen LogP contribution in [-0.2, 0) is 21.2 Å². The van der Waals surface area contributed by atoms with Crippen LogP contribution in [0.4, 0.5) is 11.4 Å². The van der Waals surface area contributed by atoms with Crippen LogP contribution >= 0.6 is 11.6 Å². The van der Waals surface area contributed by atoms with Crippen molar-refractivity contribution in [3.8, 4) is 17.2 Å². The van der Waals surface area contributed by atoms with Gasteiger partial charge in [-0.1, -0.05) is 43.2 Å². The highest BCUT2D eigenvalue weighted by Crippen LogP contribution is 2.44. The Morgan fingerprint density at radius 3 is 2.63 bits per heavy atom. The van der Waals surface area contributed by atoms with Crippen LogP contribution in [0.5, 0.6) is 17.2 Å². The zero-order chi connectivity index (χ0) is 45.0. The summed E-state index contributed by atoms with van der Waals surface area (Å²) in [6.45, 7) is 11.1. The van der Waals surface area contributed by atoms with E-state index in [1.807, 2.05) is 18.2 Å². The fourth-order valence-corrected chi connectivity index (χ4v) is 11.3. The average Bonchev–Trinajstić information content (AvgIpc) is 4.05. The number of ether oxygens (including phenoxy) is 3. The number of nitrogens with one attached hydrogen (secondary N) is 2. The molecule has 17 heteroatoms. The highest BCUT2D eigenvalue weighted by atomic mass is 35.5. The summed E-state index contributed by atoms with van der Waals surface area (Å²) in [5.41, 5.74) is 5.73. The number of rotatable bonds is 12. The van der Waals surface area contributed by atoms with Crippen LogP contribution in [-0.4, -0.2) is 110 Å². The third-order valence-electron chi connectivity index (χ3n) is 13.7. The molecule has 340 valence electrons. The molecule has 3 fully saturated rings. The Kier molecular flexibility index (Phi) is 11.6. The van der Waals surface area contributed by atoms with E-state index in [2.05, 4.69) is 55.4 Å². The first-order chi connectivity index (χ1) is 31.2. The lowest BCUT2D eigenvalue weighted by Gasteiger charge is -2.39. The molecule has 0 unspecified atom stereocenters. The molecule has 10 rings (SSSR count). The van der Waals surface area contributed by atoms with Gasteiger partial charge in [0, 0.05) is 98.3 Å². The average molecular weight is 923 g/mol. The zero-order valence-corrected chi connectivity index (χ0v) is 38.0. The fourth-order valence-electron chi connectivity index (χ4n) is 10.2. The number of anilines is 1. The number of nitrogens with zero attached hydrogens (tertiary/aromatic N) is 5. The number of sulfonamides is 1.